The minimum atomic E-state index is -4.44. The Morgan fingerprint density at radius 3 is 2.71 bits per heavy atom. The molecule has 3 aromatic rings. The second kappa shape index (κ2) is 5.62. The van der Waals surface area contributed by atoms with Gasteiger partial charge in [0, 0.05) is 18.9 Å². The molecular formula is C14H13F3N6O. The van der Waals surface area contributed by atoms with Gasteiger partial charge in [-0.2, -0.15) is 18.3 Å². The van der Waals surface area contributed by atoms with E-state index in [0.29, 0.717) is 17.1 Å². The third kappa shape index (κ3) is 2.82. The Labute approximate surface area is 134 Å². The van der Waals surface area contributed by atoms with Gasteiger partial charge in [0.15, 0.2) is 11.5 Å². The van der Waals surface area contributed by atoms with Crippen molar-refractivity contribution in [3.8, 4) is 0 Å². The fourth-order valence-corrected chi connectivity index (χ4v) is 2.21. The van der Waals surface area contributed by atoms with Crippen LogP contribution in [0.25, 0.3) is 5.65 Å². The van der Waals surface area contributed by atoms with Crippen molar-refractivity contribution in [2.24, 2.45) is 7.05 Å². The average molecular weight is 338 g/mol. The Morgan fingerprint density at radius 1 is 1.33 bits per heavy atom. The first-order valence-electron chi connectivity index (χ1n) is 6.95. The van der Waals surface area contributed by atoms with Crippen molar-refractivity contribution >= 4 is 11.6 Å². The standard InChI is InChI=1S/C14H13F3N6O/c1-8-10(6-19-22(8)2)13(24)18-7-12-21-20-11-5-9(14(15,16)17)3-4-23(11)12/h3-6H,7H2,1-2H3,(H,18,24). The van der Waals surface area contributed by atoms with Crippen LogP contribution in [0.15, 0.2) is 24.5 Å². The number of fused-ring (bicyclic) bond motifs is 1. The molecule has 0 radical (unpaired) electrons. The maximum Gasteiger partial charge on any atom is 0.416 e. The Kier molecular flexibility index (Phi) is 3.74. The van der Waals surface area contributed by atoms with E-state index in [1.807, 2.05) is 0 Å². The fraction of sp³-hybridized carbons (Fsp3) is 0.286. The molecule has 1 amide bonds. The van der Waals surface area contributed by atoms with Gasteiger partial charge >= 0.3 is 6.18 Å². The number of carbonyl (C=O) groups excluding carboxylic acids is 1. The van der Waals surface area contributed by atoms with E-state index < -0.39 is 11.7 Å². The van der Waals surface area contributed by atoms with E-state index in [-0.39, 0.29) is 18.1 Å². The molecule has 0 spiro atoms. The van der Waals surface area contributed by atoms with Gasteiger partial charge in [0.1, 0.15) is 0 Å². The predicted molar refractivity (Wildman–Crippen MR) is 77.1 cm³/mol. The molecule has 126 valence electrons. The van der Waals surface area contributed by atoms with Gasteiger partial charge in [-0.15, -0.1) is 10.2 Å². The summed E-state index contributed by atoms with van der Waals surface area (Å²) in [6.07, 6.45) is -1.77. The number of nitrogens with zero attached hydrogens (tertiary/aromatic N) is 5. The second-order valence-electron chi connectivity index (χ2n) is 5.21. The highest BCUT2D eigenvalue weighted by molar-refractivity contribution is 5.94. The number of halogens is 3. The van der Waals surface area contributed by atoms with Crippen molar-refractivity contribution in [1.82, 2.24) is 29.7 Å². The molecular weight excluding hydrogens is 325 g/mol. The molecule has 0 bridgehead atoms. The molecule has 10 heteroatoms. The van der Waals surface area contributed by atoms with Crippen molar-refractivity contribution in [2.45, 2.75) is 19.6 Å². The van der Waals surface area contributed by atoms with Crippen LogP contribution in [0.3, 0.4) is 0 Å². The zero-order valence-corrected chi connectivity index (χ0v) is 12.8. The van der Waals surface area contributed by atoms with Gasteiger partial charge in [-0.3, -0.25) is 13.9 Å². The van der Waals surface area contributed by atoms with Gasteiger partial charge in [0.05, 0.1) is 23.9 Å². The smallest absolute Gasteiger partial charge is 0.345 e. The molecule has 3 aromatic heterocycles. The van der Waals surface area contributed by atoms with Crippen LogP contribution in [0.2, 0.25) is 0 Å². The fourth-order valence-electron chi connectivity index (χ4n) is 2.21. The Balaban J connectivity index is 1.79. The van der Waals surface area contributed by atoms with E-state index in [1.54, 1.807) is 18.7 Å². The first kappa shape index (κ1) is 16.0. The van der Waals surface area contributed by atoms with E-state index in [4.69, 9.17) is 0 Å². The molecule has 0 saturated heterocycles. The number of hydrogen-bond acceptors (Lipinski definition) is 4. The Morgan fingerprint density at radius 2 is 2.08 bits per heavy atom. The number of aryl methyl sites for hydroxylation is 1. The maximum absolute atomic E-state index is 12.7. The van der Waals surface area contributed by atoms with Crippen LogP contribution in [0.5, 0.6) is 0 Å². The van der Waals surface area contributed by atoms with Crippen molar-refractivity contribution in [3.05, 3.63) is 47.2 Å². The molecule has 3 heterocycles. The van der Waals surface area contributed by atoms with Crippen molar-refractivity contribution in [3.63, 3.8) is 0 Å². The van der Waals surface area contributed by atoms with Crippen molar-refractivity contribution in [2.75, 3.05) is 0 Å². The first-order valence-corrected chi connectivity index (χ1v) is 6.95. The molecule has 0 unspecified atom stereocenters. The summed E-state index contributed by atoms with van der Waals surface area (Å²) >= 11 is 0. The largest absolute Gasteiger partial charge is 0.416 e. The van der Waals surface area contributed by atoms with E-state index in [2.05, 4.69) is 20.6 Å². The predicted octanol–water partition coefficient (Wildman–Crippen LogP) is 1.72. The van der Waals surface area contributed by atoms with Crippen LogP contribution in [0.4, 0.5) is 13.2 Å². The summed E-state index contributed by atoms with van der Waals surface area (Å²) in [5.41, 5.74) is 0.384. The minimum Gasteiger partial charge on any atom is -0.345 e. The molecule has 24 heavy (non-hydrogen) atoms. The van der Waals surface area contributed by atoms with E-state index in [1.165, 1.54) is 16.8 Å². The molecule has 7 nitrogen and oxygen atoms in total. The van der Waals surface area contributed by atoms with Crippen LogP contribution in [0.1, 0.15) is 27.4 Å². The lowest BCUT2D eigenvalue weighted by Gasteiger charge is -2.07. The summed E-state index contributed by atoms with van der Waals surface area (Å²) in [6, 6.07) is 1.84. The van der Waals surface area contributed by atoms with Crippen LogP contribution < -0.4 is 5.32 Å². The molecule has 0 aliphatic heterocycles. The molecule has 1 N–H and O–H groups in total. The molecule has 0 saturated carbocycles. The van der Waals surface area contributed by atoms with Crippen molar-refractivity contribution < 1.29 is 18.0 Å². The monoisotopic (exact) mass is 338 g/mol. The summed E-state index contributed by atoms with van der Waals surface area (Å²) in [5.74, 6) is -0.0159. The van der Waals surface area contributed by atoms with E-state index in [0.717, 1.165) is 12.1 Å². The first-order chi connectivity index (χ1) is 11.3. The van der Waals surface area contributed by atoms with Gasteiger partial charge < -0.3 is 5.32 Å². The number of hydrogen-bond donors (Lipinski definition) is 1. The minimum absolute atomic E-state index is 0.0275. The topological polar surface area (TPSA) is 77.1 Å². The molecule has 3 rings (SSSR count). The SMILES string of the molecule is Cc1c(C(=O)NCc2nnc3cc(C(F)(F)F)ccn23)cnn1C. The number of nitrogens with one attached hydrogen (secondary N) is 1. The highest BCUT2D eigenvalue weighted by atomic mass is 19.4. The van der Waals surface area contributed by atoms with Gasteiger partial charge in [0.25, 0.3) is 5.91 Å². The lowest BCUT2D eigenvalue weighted by atomic mass is 10.2. The third-order valence-corrected chi connectivity index (χ3v) is 3.69. The number of carbonyl (C=O) groups is 1. The Bertz CT molecular complexity index is 911. The van der Waals surface area contributed by atoms with Crippen LogP contribution in [-0.2, 0) is 19.8 Å². The van der Waals surface area contributed by atoms with Crippen molar-refractivity contribution in [1.29, 1.82) is 0 Å². The number of alkyl halides is 3. The van der Waals surface area contributed by atoms with E-state index in [9.17, 15) is 18.0 Å². The number of amides is 1. The van der Waals surface area contributed by atoms with Crippen LogP contribution >= 0.6 is 0 Å². The quantitative estimate of drug-likeness (QED) is 0.789. The maximum atomic E-state index is 12.7. The highest BCUT2D eigenvalue weighted by Gasteiger charge is 2.31. The normalized spacial score (nSPS) is 11.9. The average Bonchev–Trinajstić information content (AvgIpc) is 3.08. The van der Waals surface area contributed by atoms with Crippen LogP contribution in [-0.4, -0.2) is 30.3 Å². The summed E-state index contributed by atoms with van der Waals surface area (Å²) < 4.78 is 41.0. The molecule has 0 aliphatic rings. The molecule has 0 aromatic carbocycles. The summed E-state index contributed by atoms with van der Waals surface area (Å²) in [6.45, 7) is 1.78. The zero-order valence-electron chi connectivity index (χ0n) is 12.8. The highest BCUT2D eigenvalue weighted by Crippen LogP contribution is 2.29. The Hall–Kier alpha value is -2.91. The third-order valence-electron chi connectivity index (χ3n) is 3.69. The summed E-state index contributed by atoms with van der Waals surface area (Å²) in [4.78, 5) is 12.1. The number of rotatable bonds is 3. The summed E-state index contributed by atoms with van der Waals surface area (Å²) in [5, 5.41) is 14.2. The van der Waals surface area contributed by atoms with Gasteiger partial charge in [-0.1, -0.05) is 0 Å². The molecule has 0 fully saturated rings. The number of aromatic nitrogens is 5. The number of pyridine rings is 1. The molecule has 0 aliphatic carbocycles. The van der Waals surface area contributed by atoms with Crippen LogP contribution in [0, 0.1) is 6.92 Å². The summed E-state index contributed by atoms with van der Waals surface area (Å²) in [7, 11) is 1.72. The lowest BCUT2D eigenvalue weighted by molar-refractivity contribution is -0.137. The molecule has 0 atom stereocenters. The lowest BCUT2D eigenvalue weighted by Crippen LogP contribution is -2.24. The van der Waals surface area contributed by atoms with Gasteiger partial charge in [0.2, 0.25) is 0 Å². The van der Waals surface area contributed by atoms with Gasteiger partial charge in [-0.25, -0.2) is 0 Å². The zero-order chi connectivity index (χ0) is 17.5. The second-order valence-corrected chi connectivity index (χ2v) is 5.21. The van der Waals surface area contributed by atoms with E-state index >= 15 is 0 Å². The van der Waals surface area contributed by atoms with Gasteiger partial charge in [-0.05, 0) is 19.1 Å².